The van der Waals surface area contributed by atoms with Crippen molar-refractivity contribution in [3.8, 4) is 0 Å². The third kappa shape index (κ3) is 11.3. The summed E-state index contributed by atoms with van der Waals surface area (Å²) in [5, 5.41) is -0.0331. The highest BCUT2D eigenvalue weighted by atomic mass is 32.2. The van der Waals surface area contributed by atoms with E-state index in [2.05, 4.69) is 6.92 Å². The molecule has 0 aromatic carbocycles. The second-order valence-corrected chi connectivity index (χ2v) is 6.19. The standard InChI is InChI=1S/C15H29FO2S/c1-4-6-7-11-14(15(17)18-5-2)19-12-9-8-10-13(3)16/h13-14H,4-12H2,1-3H3. The molecule has 0 N–H and O–H groups in total. The summed E-state index contributed by atoms with van der Waals surface area (Å²) in [5.74, 6) is 0.838. The van der Waals surface area contributed by atoms with Gasteiger partial charge in [-0.3, -0.25) is 4.79 Å². The van der Waals surface area contributed by atoms with E-state index in [1.807, 2.05) is 6.92 Å². The number of ether oxygens (including phenoxy) is 1. The molecule has 0 rings (SSSR count). The van der Waals surface area contributed by atoms with Gasteiger partial charge in [-0.1, -0.05) is 26.2 Å². The van der Waals surface area contributed by atoms with Crippen molar-refractivity contribution in [3.63, 3.8) is 0 Å². The van der Waals surface area contributed by atoms with Crippen LogP contribution in [0.2, 0.25) is 0 Å². The van der Waals surface area contributed by atoms with E-state index in [4.69, 9.17) is 4.74 Å². The highest BCUT2D eigenvalue weighted by Gasteiger charge is 2.19. The van der Waals surface area contributed by atoms with Crippen molar-refractivity contribution in [3.05, 3.63) is 0 Å². The van der Waals surface area contributed by atoms with Gasteiger partial charge in [-0.2, -0.15) is 0 Å². The van der Waals surface area contributed by atoms with Crippen LogP contribution in [-0.4, -0.2) is 29.8 Å². The van der Waals surface area contributed by atoms with Crippen LogP contribution in [0.1, 0.15) is 65.7 Å². The summed E-state index contributed by atoms with van der Waals surface area (Å²) in [7, 11) is 0. The summed E-state index contributed by atoms with van der Waals surface area (Å²) in [5.41, 5.74) is 0. The van der Waals surface area contributed by atoms with E-state index >= 15 is 0 Å². The van der Waals surface area contributed by atoms with Crippen LogP contribution in [0, 0.1) is 0 Å². The van der Waals surface area contributed by atoms with Gasteiger partial charge < -0.3 is 4.74 Å². The van der Waals surface area contributed by atoms with Crippen LogP contribution in [0.4, 0.5) is 4.39 Å². The normalized spacial score (nSPS) is 14.1. The molecule has 0 radical (unpaired) electrons. The highest BCUT2D eigenvalue weighted by Crippen LogP contribution is 2.21. The summed E-state index contributed by atoms with van der Waals surface area (Å²) in [6.07, 6.45) is 6.09. The Bertz CT molecular complexity index is 222. The maximum Gasteiger partial charge on any atom is 0.319 e. The Balaban J connectivity index is 3.87. The van der Waals surface area contributed by atoms with Crippen LogP contribution < -0.4 is 0 Å². The number of hydrogen-bond acceptors (Lipinski definition) is 3. The molecule has 0 bridgehead atoms. The molecule has 0 aromatic heterocycles. The fourth-order valence-electron chi connectivity index (χ4n) is 1.84. The van der Waals surface area contributed by atoms with Crippen LogP contribution in [0.15, 0.2) is 0 Å². The van der Waals surface area contributed by atoms with Crippen molar-refractivity contribution >= 4 is 17.7 Å². The van der Waals surface area contributed by atoms with Crippen LogP contribution in [-0.2, 0) is 9.53 Å². The van der Waals surface area contributed by atoms with Gasteiger partial charge in [0.15, 0.2) is 0 Å². The van der Waals surface area contributed by atoms with Crippen LogP contribution in [0.3, 0.4) is 0 Å². The van der Waals surface area contributed by atoms with Gasteiger partial charge in [0.2, 0.25) is 0 Å². The summed E-state index contributed by atoms with van der Waals surface area (Å²) in [6.45, 7) is 6.04. The van der Waals surface area contributed by atoms with Crippen molar-refractivity contribution in [2.24, 2.45) is 0 Å². The van der Waals surface area contributed by atoms with Crippen LogP contribution in [0.25, 0.3) is 0 Å². The molecule has 0 aliphatic heterocycles. The monoisotopic (exact) mass is 292 g/mol. The largest absolute Gasteiger partial charge is 0.465 e. The summed E-state index contributed by atoms with van der Waals surface area (Å²) >= 11 is 1.67. The number of thioether (sulfide) groups is 1. The molecule has 0 heterocycles. The first-order valence-electron chi connectivity index (χ1n) is 7.54. The van der Waals surface area contributed by atoms with Crippen molar-refractivity contribution < 1.29 is 13.9 Å². The number of carbonyl (C=O) groups is 1. The number of halogens is 1. The Morgan fingerprint density at radius 2 is 1.84 bits per heavy atom. The van der Waals surface area contributed by atoms with E-state index in [0.29, 0.717) is 13.0 Å². The molecule has 0 amide bonds. The minimum atomic E-state index is -0.713. The lowest BCUT2D eigenvalue weighted by Crippen LogP contribution is -2.21. The van der Waals surface area contributed by atoms with Crippen molar-refractivity contribution in [2.45, 2.75) is 77.1 Å². The average molecular weight is 292 g/mol. The fourth-order valence-corrected chi connectivity index (χ4v) is 3.03. The van der Waals surface area contributed by atoms with Gasteiger partial charge in [0, 0.05) is 0 Å². The van der Waals surface area contributed by atoms with Gasteiger partial charge in [0.05, 0.1) is 12.8 Å². The zero-order valence-electron chi connectivity index (χ0n) is 12.6. The van der Waals surface area contributed by atoms with E-state index < -0.39 is 6.17 Å². The van der Waals surface area contributed by atoms with E-state index in [0.717, 1.165) is 44.3 Å². The Morgan fingerprint density at radius 1 is 1.16 bits per heavy atom. The first-order valence-corrected chi connectivity index (χ1v) is 8.59. The van der Waals surface area contributed by atoms with E-state index in [1.165, 1.54) is 0 Å². The van der Waals surface area contributed by atoms with Gasteiger partial charge >= 0.3 is 5.97 Å². The fraction of sp³-hybridized carbons (Fsp3) is 0.933. The minimum absolute atomic E-state index is 0.0331. The summed E-state index contributed by atoms with van der Waals surface area (Å²) in [4.78, 5) is 11.8. The average Bonchev–Trinajstić information content (AvgIpc) is 2.36. The van der Waals surface area contributed by atoms with Crippen molar-refractivity contribution in [1.82, 2.24) is 0 Å². The lowest BCUT2D eigenvalue weighted by atomic mass is 10.1. The predicted octanol–water partition coefficient (Wildman–Crippen LogP) is 4.76. The van der Waals surface area contributed by atoms with E-state index in [1.54, 1.807) is 18.7 Å². The third-order valence-electron chi connectivity index (χ3n) is 2.93. The lowest BCUT2D eigenvalue weighted by molar-refractivity contribution is -0.142. The SMILES string of the molecule is CCCCCC(SCCCCC(C)F)C(=O)OCC. The highest BCUT2D eigenvalue weighted by molar-refractivity contribution is 8.00. The van der Waals surface area contributed by atoms with Gasteiger partial charge in [0.25, 0.3) is 0 Å². The van der Waals surface area contributed by atoms with Crippen molar-refractivity contribution in [1.29, 1.82) is 0 Å². The second-order valence-electron chi connectivity index (χ2n) is 4.88. The zero-order valence-corrected chi connectivity index (χ0v) is 13.4. The van der Waals surface area contributed by atoms with Gasteiger partial charge in [-0.25, -0.2) is 4.39 Å². The first-order chi connectivity index (χ1) is 9.11. The topological polar surface area (TPSA) is 26.3 Å². The van der Waals surface area contributed by atoms with Crippen LogP contribution in [0.5, 0.6) is 0 Å². The number of esters is 1. The number of carbonyl (C=O) groups excluding carboxylic acids is 1. The quantitative estimate of drug-likeness (QED) is 0.383. The smallest absolute Gasteiger partial charge is 0.319 e. The maximum atomic E-state index is 12.6. The van der Waals surface area contributed by atoms with Gasteiger partial charge in [-0.05, 0) is 45.3 Å². The molecule has 0 aromatic rings. The Morgan fingerprint density at radius 3 is 2.42 bits per heavy atom. The van der Waals surface area contributed by atoms with Crippen molar-refractivity contribution in [2.75, 3.05) is 12.4 Å². The number of rotatable bonds is 12. The van der Waals surface area contributed by atoms with Gasteiger partial charge in [-0.15, -0.1) is 11.8 Å². The molecule has 114 valence electrons. The zero-order chi connectivity index (χ0) is 14.5. The van der Waals surface area contributed by atoms with E-state index in [-0.39, 0.29) is 11.2 Å². The molecule has 0 saturated heterocycles. The molecule has 0 spiro atoms. The minimum Gasteiger partial charge on any atom is -0.465 e. The Hall–Kier alpha value is -0.250. The molecule has 4 heteroatoms. The molecule has 2 unspecified atom stereocenters. The molecule has 0 aliphatic carbocycles. The summed E-state index contributed by atoms with van der Waals surface area (Å²) < 4.78 is 17.8. The maximum absolute atomic E-state index is 12.6. The predicted molar refractivity (Wildman–Crippen MR) is 81.4 cm³/mol. The molecular weight excluding hydrogens is 263 g/mol. The van der Waals surface area contributed by atoms with E-state index in [9.17, 15) is 9.18 Å². The summed E-state index contributed by atoms with van der Waals surface area (Å²) in [6, 6.07) is 0. The number of alkyl halides is 1. The molecule has 0 aliphatic rings. The number of unbranched alkanes of at least 4 members (excludes halogenated alkanes) is 3. The molecule has 2 atom stereocenters. The third-order valence-corrected chi connectivity index (χ3v) is 4.29. The van der Waals surface area contributed by atoms with Crippen LogP contribution >= 0.6 is 11.8 Å². The molecule has 0 saturated carbocycles. The molecule has 19 heavy (non-hydrogen) atoms. The molecule has 2 nitrogen and oxygen atoms in total. The molecule has 0 fully saturated rings. The Labute approximate surface area is 121 Å². The first kappa shape index (κ1) is 18.8. The van der Waals surface area contributed by atoms with Gasteiger partial charge in [0.1, 0.15) is 5.25 Å². The lowest BCUT2D eigenvalue weighted by Gasteiger charge is -2.15. The second kappa shape index (κ2) is 12.8. The number of hydrogen-bond donors (Lipinski definition) is 0. The Kier molecular flexibility index (Phi) is 12.6. The molecular formula is C15H29FO2S.